The van der Waals surface area contributed by atoms with Crippen LogP contribution >= 0.6 is 0 Å². The van der Waals surface area contributed by atoms with Crippen LogP contribution in [0.2, 0.25) is 0 Å². The van der Waals surface area contributed by atoms with Gasteiger partial charge in [0.25, 0.3) is 0 Å². The molecule has 2 heterocycles. The molecule has 0 aliphatic rings. The highest BCUT2D eigenvalue weighted by Gasteiger charge is 2.19. The number of nitrogens with one attached hydrogen (secondary N) is 2. The SMILES string of the molecule is CC(C)(C)OC(=O)c1c[nH]c(C#Cc2ncc[nH]2)n1. The number of hydrogen-bond acceptors (Lipinski definition) is 4. The molecule has 0 fully saturated rings. The third-order valence-electron chi connectivity index (χ3n) is 1.98. The van der Waals surface area contributed by atoms with E-state index in [9.17, 15) is 4.79 Å². The van der Waals surface area contributed by atoms with Crippen molar-refractivity contribution < 1.29 is 9.53 Å². The first-order chi connectivity index (χ1) is 8.94. The van der Waals surface area contributed by atoms with Crippen molar-refractivity contribution in [1.29, 1.82) is 0 Å². The van der Waals surface area contributed by atoms with Crippen LogP contribution in [0.15, 0.2) is 18.6 Å². The maximum Gasteiger partial charge on any atom is 0.359 e. The Kier molecular flexibility index (Phi) is 3.38. The molecule has 19 heavy (non-hydrogen) atoms. The third kappa shape index (κ3) is 3.71. The first-order valence-corrected chi connectivity index (χ1v) is 5.74. The topological polar surface area (TPSA) is 83.7 Å². The summed E-state index contributed by atoms with van der Waals surface area (Å²) in [5.41, 5.74) is -0.338. The van der Waals surface area contributed by atoms with E-state index in [1.165, 1.54) is 6.20 Å². The van der Waals surface area contributed by atoms with Crippen LogP contribution in [0.1, 0.15) is 42.9 Å². The molecule has 0 amide bonds. The smallest absolute Gasteiger partial charge is 0.359 e. The van der Waals surface area contributed by atoms with E-state index in [4.69, 9.17) is 4.74 Å². The van der Waals surface area contributed by atoms with E-state index in [-0.39, 0.29) is 5.69 Å². The zero-order valence-electron chi connectivity index (χ0n) is 10.9. The van der Waals surface area contributed by atoms with Crippen molar-refractivity contribution in [2.45, 2.75) is 26.4 Å². The fourth-order valence-corrected chi connectivity index (χ4v) is 1.27. The Hall–Kier alpha value is -2.55. The number of carbonyl (C=O) groups is 1. The standard InChI is InChI=1S/C13H14N4O2/c1-13(2,3)19-12(18)9-8-16-11(17-9)5-4-10-14-6-7-15-10/h6-8H,1-3H3,(H,14,15)(H,16,17). The molecule has 98 valence electrons. The van der Waals surface area contributed by atoms with E-state index in [1.807, 2.05) is 0 Å². The predicted molar refractivity (Wildman–Crippen MR) is 68.3 cm³/mol. The quantitative estimate of drug-likeness (QED) is 0.599. The zero-order chi connectivity index (χ0) is 13.9. The first-order valence-electron chi connectivity index (χ1n) is 5.74. The second-order valence-electron chi connectivity index (χ2n) is 4.82. The fraction of sp³-hybridized carbons (Fsp3) is 0.308. The van der Waals surface area contributed by atoms with Crippen molar-refractivity contribution in [1.82, 2.24) is 19.9 Å². The van der Waals surface area contributed by atoms with Gasteiger partial charge < -0.3 is 14.7 Å². The molecule has 0 spiro atoms. The van der Waals surface area contributed by atoms with Gasteiger partial charge in [0.05, 0.1) is 0 Å². The van der Waals surface area contributed by atoms with Crippen LogP contribution in [-0.4, -0.2) is 31.5 Å². The lowest BCUT2D eigenvalue weighted by Gasteiger charge is -2.18. The molecule has 6 nitrogen and oxygen atoms in total. The van der Waals surface area contributed by atoms with Gasteiger partial charge in [-0.15, -0.1) is 0 Å². The molecule has 0 unspecified atom stereocenters. The minimum atomic E-state index is -0.546. The highest BCUT2D eigenvalue weighted by atomic mass is 16.6. The molecule has 2 N–H and O–H groups in total. The lowest BCUT2D eigenvalue weighted by molar-refractivity contribution is 0.00634. The highest BCUT2D eigenvalue weighted by Crippen LogP contribution is 2.10. The molecule has 0 radical (unpaired) electrons. The normalized spacial score (nSPS) is 10.7. The van der Waals surface area contributed by atoms with Gasteiger partial charge in [-0.3, -0.25) is 0 Å². The summed E-state index contributed by atoms with van der Waals surface area (Å²) < 4.78 is 5.20. The molecule has 0 atom stereocenters. The van der Waals surface area contributed by atoms with Crippen molar-refractivity contribution in [3.63, 3.8) is 0 Å². The van der Waals surface area contributed by atoms with Crippen LogP contribution in [0, 0.1) is 11.8 Å². The molecule has 0 aromatic carbocycles. The number of aromatic nitrogens is 4. The number of rotatable bonds is 1. The Morgan fingerprint density at radius 3 is 2.63 bits per heavy atom. The number of imidazole rings is 2. The van der Waals surface area contributed by atoms with Gasteiger partial charge >= 0.3 is 5.97 Å². The summed E-state index contributed by atoms with van der Waals surface area (Å²) in [6.45, 7) is 5.40. The van der Waals surface area contributed by atoms with Crippen molar-refractivity contribution >= 4 is 5.97 Å². The molecule has 0 aliphatic carbocycles. The molecule has 0 saturated heterocycles. The molecular formula is C13H14N4O2. The van der Waals surface area contributed by atoms with Gasteiger partial charge in [-0.25, -0.2) is 14.8 Å². The Bertz CT molecular complexity index is 624. The Morgan fingerprint density at radius 2 is 2.00 bits per heavy atom. The minimum absolute atomic E-state index is 0.207. The lowest BCUT2D eigenvalue weighted by atomic mass is 10.2. The molecule has 2 rings (SSSR count). The maximum atomic E-state index is 11.7. The monoisotopic (exact) mass is 258 g/mol. The number of carbonyl (C=O) groups excluding carboxylic acids is 1. The number of aromatic amines is 2. The molecule has 0 bridgehead atoms. The van der Waals surface area contributed by atoms with Crippen molar-refractivity contribution in [2.75, 3.05) is 0 Å². The molecule has 0 aliphatic heterocycles. The van der Waals surface area contributed by atoms with Crippen LogP contribution in [-0.2, 0) is 4.74 Å². The van der Waals surface area contributed by atoms with Crippen molar-refractivity contribution in [2.24, 2.45) is 0 Å². The average Bonchev–Trinajstić information content (AvgIpc) is 2.96. The second kappa shape index (κ2) is 4.98. The third-order valence-corrected chi connectivity index (χ3v) is 1.98. The molecular weight excluding hydrogens is 244 g/mol. The van der Waals surface area contributed by atoms with Gasteiger partial charge in [0.1, 0.15) is 5.60 Å². The number of nitrogens with zero attached hydrogens (tertiary/aromatic N) is 2. The first kappa shape index (κ1) is 12.9. The van der Waals surface area contributed by atoms with Crippen LogP contribution in [0.4, 0.5) is 0 Å². The van der Waals surface area contributed by atoms with E-state index in [0.29, 0.717) is 11.6 Å². The van der Waals surface area contributed by atoms with Crippen LogP contribution in [0.3, 0.4) is 0 Å². The van der Waals surface area contributed by atoms with E-state index >= 15 is 0 Å². The van der Waals surface area contributed by atoms with Gasteiger partial charge in [-0.05, 0) is 32.6 Å². The summed E-state index contributed by atoms with van der Waals surface area (Å²) >= 11 is 0. The summed E-state index contributed by atoms with van der Waals surface area (Å²) in [6.07, 6.45) is 4.76. The second-order valence-corrected chi connectivity index (χ2v) is 4.82. The Balaban J connectivity index is 2.09. The summed E-state index contributed by atoms with van der Waals surface area (Å²) in [6, 6.07) is 0. The fourth-order valence-electron chi connectivity index (χ4n) is 1.27. The van der Waals surface area contributed by atoms with Crippen molar-refractivity contribution in [3.05, 3.63) is 35.9 Å². The van der Waals surface area contributed by atoms with E-state index in [0.717, 1.165) is 0 Å². The summed E-state index contributed by atoms with van der Waals surface area (Å²) in [4.78, 5) is 25.4. The Morgan fingerprint density at radius 1 is 1.26 bits per heavy atom. The van der Waals surface area contributed by atoms with E-state index < -0.39 is 11.6 Å². The number of hydrogen-bond donors (Lipinski definition) is 2. The van der Waals surface area contributed by atoms with Crippen LogP contribution < -0.4 is 0 Å². The van der Waals surface area contributed by atoms with Gasteiger partial charge in [-0.1, -0.05) is 0 Å². The van der Waals surface area contributed by atoms with E-state index in [1.54, 1.807) is 33.2 Å². The number of H-pyrrole nitrogens is 2. The van der Waals surface area contributed by atoms with Crippen LogP contribution in [0.25, 0.3) is 0 Å². The molecule has 6 heteroatoms. The van der Waals surface area contributed by atoms with Crippen molar-refractivity contribution in [3.8, 4) is 11.8 Å². The van der Waals surface area contributed by atoms with E-state index in [2.05, 4.69) is 31.8 Å². The predicted octanol–water partition coefficient (Wildman–Crippen LogP) is 1.49. The van der Waals surface area contributed by atoms with Crippen LogP contribution in [0.5, 0.6) is 0 Å². The average molecular weight is 258 g/mol. The largest absolute Gasteiger partial charge is 0.455 e. The van der Waals surface area contributed by atoms with Gasteiger partial charge in [-0.2, -0.15) is 0 Å². The molecule has 2 aromatic heterocycles. The van der Waals surface area contributed by atoms with Gasteiger partial charge in [0.15, 0.2) is 17.3 Å². The Labute approximate surface area is 110 Å². The summed E-state index contributed by atoms with van der Waals surface area (Å²) in [7, 11) is 0. The zero-order valence-corrected chi connectivity index (χ0v) is 10.9. The number of ether oxygens (including phenoxy) is 1. The maximum absolute atomic E-state index is 11.7. The van der Waals surface area contributed by atoms with Gasteiger partial charge in [0.2, 0.25) is 0 Å². The summed E-state index contributed by atoms with van der Waals surface area (Å²) in [5, 5.41) is 0. The summed E-state index contributed by atoms with van der Waals surface area (Å²) in [5.74, 6) is 5.99. The van der Waals surface area contributed by atoms with Gasteiger partial charge in [0, 0.05) is 18.6 Å². The highest BCUT2D eigenvalue weighted by molar-refractivity contribution is 5.87. The molecule has 2 aromatic rings. The molecule has 0 saturated carbocycles. The lowest BCUT2D eigenvalue weighted by Crippen LogP contribution is -2.24. The minimum Gasteiger partial charge on any atom is -0.455 e. The number of esters is 1.